The minimum Gasteiger partial charge on any atom is -0.316 e. The van der Waals surface area contributed by atoms with Gasteiger partial charge in [0.05, 0.1) is 0 Å². The van der Waals surface area contributed by atoms with Crippen LogP contribution in [0, 0.1) is 12.8 Å². The maximum Gasteiger partial charge on any atom is 0.0417 e. The number of benzene rings is 4. The second-order valence-corrected chi connectivity index (χ2v) is 14.9. The molecule has 0 aliphatic carbocycles. The standard InChI is InChI=1S/C17H22NPS.C15H18NPS.C2H2/c1-20-15-13-18-12-14-19(16-8-4-2-5-9-16)17-10-6-3-7-11-17;1-18-13-16-12-17(14-8-4-2-5-9-14)15-10-6-3-7-11-15;1-2/h2-11,18H,12-15H2,1H3;2-11,16H,12-13H2,1H3;1-2H. The summed E-state index contributed by atoms with van der Waals surface area (Å²) >= 11 is 3.73. The van der Waals surface area contributed by atoms with E-state index in [1.54, 1.807) is 0 Å². The SMILES string of the molecule is C#C.CSCCNCCP(c1ccccc1)c1ccccc1.CSCNCP(c1ccccc1)c1ccccc1. The molecule has 4 aromatic carbocycles. The van der Waals surface area contributed by atoms with Crippen LogP contribution in [-0.4, -0.2) is 49.7 Å². The molecule has 0 heterocycles. The molecule has 0 saturated heterocycles. The van der Waals surface area contributed by atoms with Gasteiger partial charge in [-0.3, -0.25) is 0 Å². The van der Waals surface area contributed by atoms with Crippen molar-refractivity contribution in [2.45, 2.75) is 0 Å². The normalized spacial score (nSPS) is 10.3. The number of terminal acetylenes is 1. The zero-order chi connectivity index (χ0) is 28.7. The van der Waals surface area contributed by atoms with Gasteiger partial charge in [0.1, 0.15) is 0 Å². The fraction of sp³-hybridized carbons (Fsp3) is 0.235. The van der Waals surface area contributed by atoms with Crippen molar-refractivity contribution < 1.29 is 0 Å². The van der Waals surface area contributed by atoms with Crippen LogP contribution in [0.15, 0.2) is 121 Å². The van der Waals surface area contributed by atoms with E-state index in [-0.39, 0.29) is 15.8 Å². The van der Waals surface area contributed by atoms with E-state index in [1.165, 1.54) is 33.1 Å². The first-order valence-corrected chi connectivity index (χ1v) is 19.2. The summed E-state index contributed by atoms with van der Waals surface area (Å²) in [6.07, 6.45) is 14.5. The first kappa shape index (κ1) is 34.1. The Hall–Kier alpha value is -2.08. The molecule has 0 atom stereocenters. The van der Waals surface area contributed by atoms with Gasteiger partial charge < -0.3 is 10.6 Å². The van der Waals surface area contributed by atoms with Crippen LogP contribution in [0.4, 0.5) is 0 Å². The molecule has 2 nitrogen and oxygen atoms in total. The molecule has 0 unspecified atom stereocenters. The lowest BCUT2D eigenvalue weighted by Crippen LogP contribution is -2.24. The number of hydrogen-bond donors (Lipinski definition) is 2. The number of rotatable bonds is 14. The van der Waals surface area contributed by atoms with E-state index in [2.05, 4.69) is 157 Å². The summed E-state index contributed by atoms with van der Waals surface area (Å²) in [5, 5.41) is 12.9. The molecule has 0 radical (unpaired) electrons. The van der Waals surface area contributed by atoms with Crippen LogP contribution < -0.4 is 31.9 Å². The smallest absolute Gasteiger partial charge is 0.0417 e. The van der Waals surface area contributed by atoms with Gasteiger partial charge in [0.25, 0.3) is 0 Å². The maximum atomic E-state index is 4.00. The predicted molar refractivity (Wildman–Crippen MR) is 191 cm³/mol. The van der Waals surface area contributed by atoms with Crippen LogP contribution in [0.25, 0.3) is 0 Å². The molecule has 4 aromatic rings. The first-order chi connectivity index (χ1) is 19.8. The molecule has 210 valence electrons. The molecule has 4 rings (SSSR count). The van der Waals surface area contributed by atoms with E-state index in [4.69, 9.17) is 0 Å². The van der Waals surface area contributed by atoms with Gasteiger partial charge in [-0.05, 0) is 62.3 Å². The third kappa shape index (κ3) is 13.1. The monoisotopic (exact) mass is 604 g/mol. The third-order valence-corrected chi connectivity index (χ3v) is 11.8. The highest BCUT2D eigenvalue weighted by atomic mass is 32.2. The quantitative estimate of drug-likeness (QED) is 0.0763. The lowest BCUT2D eigenvalue weighted by Gasteiger charge is -2.19. The van der Waals surface area contributed by atoms with Gasteiger partial charge in [-0.1, -0.05) is 121 Å². The highest BCUT2D eigenvalue weighted by Crippen LogP contribution is 2.33. The molecule has 0 aromatic heterocycles. The average Bonchev–Trinajstić information content (AvgIpc) is 3.04. The van der Waals surface area contributed by atoms with Crippen molar-refractivity contribution in [1.29, 1.82) is 0 Å². The van der Waals surface area contributed by atoms with Gasteiger partial charge in [0.15, 0.2) is 0 Å². The minimum absolute atomic E-state index is 0.241. The van der Waals surface area contributed by atoms with Crippen molar-refractivity contribution >= 4 is 60.6 Å². The minimum atomic E-state index is -0.287. The molecular formula is C34H42N2P2S2. The highest BCUT2D eigenvalue weighted by molar-refractivity contribution is 7.98. The third-order valence-electron chi connectivity index (χ3n) is 5.78. The largest absolute Gasteiger partial charge is 0.316 e. The van der Waals surface area contributed by atoms with Crippen LogP contribution >= 0.6 is 39.4 Å². The van der Waals surface area contributed by atoms with Crippen molar-refractivity contribution in [3.63, 3.8) is 0 Å². The lowest BCUT2D eigenvalue weighted by molar-refractivity contribution is 0.773. The van der Waals surface area contributed by atoms with E-state index in [1.807, 2.05) is 23.5 Å². The zero-order valence-corrected chi connectivity index (χ0v) is 27.1. The summed E-state index contributed by atoms with van der Waals surface area (Å²) in [5.74, 6) is 2.20. The summed E-state index contributed by atoms with van der Waals surface area (Å²) in [6.45, 7) is 2.20. The Balaban J connectivity index is 0.000000265. The van der Waals surface area contributed by atoms with E-state index in [0.717, 1.165) is 25.3 Å². The molecule has 0 spiro atoms. The van der Waals surface area contributed by atoms with Gasteiger partial charge in [-0.2, -0.15) is 11.8 Å². The topological polar surface area (TPSA) is 24.1 Å². The van der Waals surface area contributed by atoms with Crippen LogP contribution in [0.2, 0.25) is 0 Å². The van der Waals surface area contributed by atoms with Crippen LogP contribution in [0.5, 0.6) is 0 Å². The van der Waals surface area contributed by atoms with Gasteiger partial charge in [0.2, 0.25) is 0 Å². The Morgan fingerprint density at radius 1 is 0.525 bits per heavy atom. The summed E-state index contributed by atoms with van der Waals surface area (Å²) in [5.41, 5.74) is 0. The van der Waals surface area contributed by atoms with Crippen molar-refractivity contribution in [3.8, 4) is 12.8 Å². The molecule has 0 aliphatic heterocycles. The summed E-state index contributed by atoms with van der Waals surface area (Å²) in [6, 6.07) is 43.5. The Bertz CT molecular complexity index is 1070. The van der Waals surface area contributed by atoms with E-state index < -0.39 is 0 Å². The van der Waals surface area contributed by atoms with Crippen molar-refractivity contribution in [3.05, 3.63) is 121 Å². The van der Waals surface area contributed by atoms with Crippen LogP contribution in [0.1, 0.15) is 0 Å². The molecular weight excluding hydrogens is 562 g/mol. The molecule has 6 heteroatoms. The number of nitrogens with one attached hydrogen (secondary N) is 2. The lowest BCUT2D eigenvalue weighted by atomic mass is 10.4. The van der Waals surface area contributed by atoms with Crippen molar-refractivity contribution in [1.82, 2.24) is 10.6 Å². The average molecular weight is 605 g/mol. The second kappa shape index (κ2) is 22.6. The van der Waals surface area contributed by atoms with Crippen LogP contribution in [0.3, 0.4) is 0 Å². The molecule has 2 N–H and O–H groups in total. The van der Waals surface area contributed by atoms with E-state index in [9.17, 15) is 0 Å². The van der Waals surface area contributed by atoms with E-state index in [0.29, 0.717) is 0 Å². The zero-order valence-electron chi connectivity index (χ0n) is 23.7. The highest BCUT2D eigenvalue weighted by Gasteiger charge is 2.13. The molecule has 0 amide bonds. The predicted octanol–water partition coefficient (Wildman–Crippen LogP) is 6.31. The Morgan fingerprint density at radius 2 is 0.925 bits per heavy atom. The van der Waals surface area contributed by atoms with Crippen LogP contribution in [-0.2, 0) is 0 Å². The fourth-order valence-corrected chi connectivity index (χ4v) is 9.05. The Morgan fingerprint density at radius 3 is 1.30 bits per heavy atom. The summed E-state index contributed by atoms with van der Waals surface area (Å²) in [7, 11) is -0.528. The Kier molecular flexibility index (Phi) is 19.3. The van der Waals surface area contributed by atoms with Gasteiger partial charge in [-0.15, -0.1) is 24.6 Å². The first-order valence-electron chi connectivity index (χ1n) is 13.3. The molecule has 0 bridgehead atoms. The molecule has 0 aliphatic rings. The summed E-state index contributed by atoms with van der Waals surface area (Å²) in [4.78, 5) is 0. The van der Waals surface area contributed by atoms with Gasteiger partial charge in [0, 0.05) is 24.5 Å². The van der Waals surface area contributed by atoms with E-state index >= 15 is 0 Å². The number of hydrogen-bond acceptors (Lipinski definition) is 4. The molecule has 0 saturated carbocycles. The fourth-order valence-electron chi connectivity index (χ4n) is 3.92. The maximum absolute atomic E-state index is 4.00. The van der Waals surface area contributed by atoms with Gasteiger partial charge in [-0.25, -0.2) is 0 Å². The molecule has 40 heavy (non-hydrogen) atoms. The van der Waals surface area contributed by atoms with Crippen molar-refractivity contribution in [2.75, 3.05) is 49.7 Å². The van der Waals surface area contributed by atoms with Crippen molar-refractivity contribution in [2.24, 2.45) is 0 Å². The second-order valence-electron chi connectivity index (χ2n) is 8.51. The summed E-state index contributed by atoms with van der Waals surface area (Å²) < 4.78 is 0. The number of thioether (sulfide) groups is 2. The molecule has 0 fully saturated rings. The Labute approximate surface area is 254 Å². The van der Waals surface area contributed by atoms with Gasteiger partial charge >= 0.3 is 0 Å².